The number of benzene rings is 2. The summed E-state index contributed by atoms with van der Waals surface area (Å²) in [5, 5.41) is 3.95. The van der Waals surface area contributed by atoms with E-state index >= 15 is 0 Å². The Morgan fingerprint density at radius 3 is 2.59 bits per heavy atom. The molecule has 0 aliphatic heterocycles. The van der Waals surface area contributed by atoms with Gasteiger partial charge in [-0.25, -0.2) is 9.37 Å². The van der Waals surface area contributed by atoms with Crippen LogP contribution in [0.25, 0.3) is 15.9 Å². The number of amides is 1. The number of carbonyl (C=O) groups is 1. The zero-order valence-electron chi connectivity index (χ0n) is 19.4. The van der Waals surface area contributed by atoms with Gasteiger partial charge in [-0.2, -0.15) is 0 Å². The number of nitrogens with one attached hydrogen (secondary N) is 1. The van der Waals surface area contributed by atoms with Gasteiger partial charge in [-0.15, -0.1) is 11.3 Å². The monoisotopic (exact) mass is 495 g/mol. The van der Waals surface area contributed by atoms with Gasteiger partial charge in [0.05, 0.1) is 16.8 Å². The van der Waals surface area contributed by atoms with Crippen molar-refractivity contribution >= 4 is 44.9 Å². The Labute approximate surface area is 206 Å². The third kappa shape index (κ3) is 4.93. The van der Waals surface area contributed by atoms with Crippen LogP contribution >= 0.6 is 23.1 Å². The largest absolute Gasteiger partial charge is 0.325 e. The van der Waals surface area contributed by atoms with E-state index in [4.69, 9.17) is 4.98 Å². The molecular formula is C26H26FN3O2S2. The molecule has 2 aromatic heterocycles. The molecule has 2 heterocycles. The molecule has 1 N–H and O–H groups in total. The highest BCUT2D eigenvalue weighted by Crippen LogP contribution is 2.31. The van der Waals surface area contributed by atoms with Gasteiger partial charge in [-0.05, 0) is 61.2 Å². The number of nitrogens with zero attached hydrogens (tertiary/aromatic N) is 2. The van der Waals surface area contributed by atoms with Crippen LogP contribution in [0.4, 0.5) is 10.1 Å². The van der Waals surface area contributed by atoms with E-state index in [1.807, 2.05) is 38.1 Å². The summed E-state index contributed by atoms with van der Waals surface area (Å²) in [5.41, 5.74) is 3.10. The van der Waals surface area contributed by atoms with Gasteiger partial charge in [-0.1, -0.05) is 50.2 Å². The number of fused-ring (bicyclic) bond motifs is 1. The second kappa shape index (κ2) is 10.5. The maximum absolute atomic E-state index is 13.6. The van der Waals surface area contributed by atoms with Crippen molar-refractivity contribution in [2.75, 3.05) is 11.1 Å². The summed E-state index contributed by atoms with van der Waals surface area (Å²) in [5.74, 6) is -0.477. The van der Waals surface area contributed by atoms with E-state index in [2.05, 4.69) is 12.2 Å². The van der Waals surface area contributed by atoms with Crippen LogP contribution in [0, 0.1) is 12.7 Å². The summed E-state index contributed by atoms with van der Waals surface area (Å²) in [6.07, 6.45) is 2.66. The minimum Gasteiger partial charge on any atom is -0.325 e. The van der Waals surface area contributed by atoms with Crippen LogP contribution < -0.4 is 10.9 Å². The Bertz CT molecular complexity index is 1390. The Morgan fingerprint density at radius 2 is 1.88 bits per heavy atom. The molecule has 0 atom stereocenters. The van der Waals surface area contributed by atoms with Crippen molar-refractivity contribution in [3.05, 3.63) is 80.7 Å². The molecule has 0 saturated heterocycles. The summed E-state index contributed by atoms with van der Waals surface area (Å²) in [6, 6.07) is 13.4. The van der Waals surface area contributed by atoms with Gasteiger partial charge in [0, 0.05) is 10.6 Å². The third-order valence-corrected chi connectivity index (χ3v) is 7.78. The molecule has 0 bridgehead atoms. The lowest BCUT2D eigenvalue weighted by atomic mass is 10.1. The summed E-state index contributed by atoms with van der Waals surface area (Å²) < 4.78 is 15.1. The van der Waals surface area contributed by atoms with Crippen molar-refractivity contribution in [2.45, 2.75) is 45.2 Å². The van der Waals surface area contributed by atoms with E-state index in [9.17, 15) is 14.0 Å². The number of halogens is 1. The van der Waals surface area contributed by atoms with Crippen molar-refractivity contribution in [1.29, 1.82) is 0 Å². The number of thioether (sulfide) groups is 1. The van der Waals surface area contributed by atoms with Gasteiger partial charge in [0.15, 0.2) is 5.16 Å². The average Bonchev–Trinajstić information content (AvgIpc) is 3.14. The van der Waals surface area contributed by atoms with Crippen LogP contribution in [0.3, 0.4) is 0 Å². The molecule has 0 saturated carbocycles. The first-order valence-corrected chi connectivity index (χ1v) is 13.0. The summed E-state index contributed by atoms with van der Waals surface area (Å²) >= 11 is 2.72. The van der Waals surface area contributed by atoms with Crippen LogP contribution in [0.2, 0.25) is 0 Å². The van der Waals surface area contributed by atoms with E-state index < -0.39 is 0 Å². The molecule has 5 nitrogen and oxygen atoms in total. The molecule has 4 rings (SSSR count). The Balaban J connectivity index is 1.71. The van der Waals surface area contributed by atoms with Crippen LogP contribution in [0.5, 0.6) is 0 Å². The Kier molecular flexibility index (Phi) is 7.48. The van der Waals surface area contributed by atoms with Crippen molar-refractivity contribution in [2.24, 2.45) is 0 Å². The molecule has 0 aliphatic carbocycles. The van der Waals surface area contributed by atoms with Crippen molar-refractivity contribution in [3.8, 4) is 5.69 Å². The lowest BCUT2D eigenvalue weighted by Crippen LogP contribution is -2.23. The van der Waals surface area contributed by atoms with Gasteiger partial charge in [-0.3, -0.25) is 14.2 Å². The topological polar surface area (TPSA) is 64.0 Å². The average molecular weight is 496 g/mol. The smallest absolute Gasteiger partial charge is 0.267 e. The number of hydrogen-bond donors (Lipinski definition) is 1. The zero-order valence-corrected chi connectivity index (χ0v) is 21.0. The van der Waals surface area contributed by atoms with Crippen LogP contribution in [-0.4, -0.2) is 21.2 Å². The standard InChI is InChI=1S/C26H26FN3O2S2/c1-4-8-21-16(3)23-24(34-21)29-26(30(25(23)32)19-13-11-18(27)12-14-19)33-15-22(31)28-20-10-7-6-9-17(20)5-2/h6-7,9-14H,4-5,8,15H2,1-3H3,(H,28,31). The highest BCUT2D eigenvalue weighted by atomic mass is 32.2. The van der Waals surface area contributed by atoms with E-state index in [0.717, 1.165) is 41.0 Å². The minimum atomic E-state index is -0.383. The number of thiophene rings is 1. The first kappa shape index (κ1) is 24.2. The van der Waals surface area contributed by atoms with Crippen molar-refractivity contribution in [1.82, 2.24) is 9.55 Å². The molecule has 2 aromatic carbocycles. The zero-order chi connectivity index (χ0) is 24.2. The second-order valence-electron chi connectivity index (χ2n) is 7.94. The summed E-state index contributed by atoms with van der Waals surface area (Å²) in [6.45, 7) is 6.09. The number of aryl methyl sites for hydroxylation is 3. The lowest BCUT2D eigenvalue weighted by molar-refractivity contribution is -0.113. The Morgan fingerprint density at radius 1 is 1.15 bits per heavy atom. The van der Waals surface area contributed by atoms with Crippen LogP contribution in [0.15, 0.2) is 58.5 Å². The SMILES string of the molecule is CCCc1sc2nc(SCC(=O)Nc3ccccc3CC)n(-c3ccc(F)cc3)c(=O)c2c1C. The summed E-state index contributed by atoms with van der Waals surface area (Å²) in [4.78, 5) is 33.0. The molecule has 0 radical (unpaired) electrons. The number of aromatic nitrogens is 2. The number of hydrogen-bond acceptors (Lipinski definition) is 5. The van der Waals surface area contributed by atoms with Gasteiger partial charge in [0.25, 0.3) is 5.56 Å². The highest BCUT2D eigenvalue weighted by molar-refractivity contribution is 7.99. The molecule has 0 unspecified atom stereocenters. The van der Waals surface area contributed by atoms with E-state index in [1.54, 1.807) is 12.1 Å². The molecule has 4 aromatic rings. The maximum Gasteiger partial charge on any atom is 0.267 e. The third-order valence-electron chi connectivity index (χ3n) is 5.60. The quantitative estimate of drug-likeness (QED) is 0.236. The molecule has 34 heavy (non-hydrogen) atoms. The molecular weight excluding hydrogens is 469 g/mol. The molecule has 8 heteroatoms. The fraction of sp³-hybridized carbons (Fsp3) is 0.269. The fourth-order valence-corrected chi connectivity index (χ4v) is 5.99. The first-order chi connectivity index (χ1) is 16.4. The van der Waals surface area contributed by atoms with Gasteiger partial charge in [0.2, 0.25) is 5.91 Å². The normalized spacial score (nSPS) is 11.2. The molecule has 176 valence electrons. The lowest BCUT2D eigenvalue weighted by Gasteiger charge is -2.13. The van der Waals surface area contributed by atoms with Crippen LogP contribution in [0.1, 0.15) is 36.3 Å². The number of rotatable bonds is 8. The summed E-state index contributed by atoms with van der Waals surface area (Å²) in [7, 11) is 0. The van der Waals surface area contributed by atoms with Gasteiger partial charge >= 0.3 is 0 Å². The fourth-order valence-electron chi connectivity index (χ4n) is 3.86. The van der Waals surface area contributed by atoms with E-state index in [-0.39, 0.29) is 23.0 Å². The molecule has 0 fully saturated rings. The predicted octanol–water partition coefficient (Wildman–Crippen LogP) is 6.14. The van der Waals surface area contributed by atoms with E-state index in [1.165, 1.54) is 39.8 Å². The Hall–Kier alpha value is -2.97. The second-order valence-corrected chi connectivity index (χ2v) is 9.97. The van der Waals surface area contributed by atoms with Crippen LogP contribution in [-0.2, 0) is 17.6 Å². The number of para-hydroxylation sites is 1. The molecule has 0 aliphatic rings. The van der Waals surface area contributed by atoms with Gasteiger partial charge < -0.3 is 5.32 Å². The van der Waals surface area contributed by atoms with Crippen molar-refractivity contribution in [3.63, 3.8) is 0 Å². The number of anilines is 1. The highest BCUT2D eigenvalue weighted by Gasteiger charge is 2.20. The molecule has 0 spiro atoms. The van der Waals surface area contributed by atoms with Crippen molar-refractivity contribution < 1.29 is 9.18 Å². The maximum atomic E-state index is 13.6. The minimum absolute atomic E-state index is 0.0867. The van der Waals surface area contributed by atoms with Gasteiger partial charge in [0.1, 0.15) is 10.6 Å². The molecule has 1 amide bonds. The predicted molar refractivity (Wildman–Crippen MR) is 139 cm³/mol. The first-order valence-electron chi connectivity index (χ1n) is 11.2. The number of carbonyl (C=O) groups excluding carboxylic acids is 1. The van der Waals surface area contributed by atoms with E-state index in [0.29, 0.717) is 21.1 Å².